The van der Waals surface area contributed by atoms with Gasteiger partial charge in [0, 0.05) is 29.8 Å². The standard InChI is InChI=1S/C20H20FN3O3/c1-11-8-16(11)20(27)23-14-5-3-4-13(9-14)19(26)24-18-10-15(22-12(2)25)6-7-17(18)21/h3-7,9-11,16H,8H2,1-2H3,(H,22,25)(H,23,27)(H,24,26). The Labute approximate surface area is 156 Å². The van der Waals surface area contributed by atoms with Gasteiger partial charge in [0.25, 0.3) is 5.91 Å². The SMILES string of the molecule is CC(=O)Nc1ccc(F)c(NC(=O)c2cccc(NC(=O)C3CC3C)c2)c1. The van der Waals surface area contributed by atoms with Crippen molar-refractivity contribution in [2.75, 3.05) is 16.0 Å². The van der Waals surface area contributed by atoms with Crippen molar-refractivity contribution < 1.29 is 18.8 Å². The number of benzene rings is 2. The highest BCUT2D eigenvalue weighted by Gasteiger charge is 2.39. The van der Waals surface area contributed by atoms with Gasteiger partial charge in [-0.05, 0) is 48.7 Å². The van der Waals surface area contributed by atoms with Crippen molar-refractivity contribution in [1.29, 1.82) is 0 Å². The van der Waals surface area contributed by atoms with Gasteiger partial charge in [-0.2, -0.15) is 0 Å². The Morgan fingerprint density at radius 2 is 1.70 bits per heavy atom. The normalized spacial score (nSPS) is 17.7. The summed E-state index contributed by atoms with van der Waals surface area (Å²) in [6.45, 7) is 3.35. The first-order valence-corrected chi connectivity index (χ1v) is 8.63. The molecule has 0 radical (unpaired) electrons. The molecule has 2 aromatic rings. The number of amides is 3. The first-order valence-electron chi connectivity index (χ1n) is 8.63. The van der Waals surface area contributed by atoms with Gasteiger partial charge in [0.15, 0.2) is 0 Å². The molecule has 6 nitrogen and oxygen atoms in total. The minimum atomic E-state index is -0.621. The van der Waals surface area contributed by atoms with Gasteiger partial charge >= 0.3 is 0 Å². The van der Waals surface area contributed by atoms with E-state index in [9.17, 15) is 18.8 Å². The molecule has 0 bridgehead atoms. The summed E-state index contributed by atoms with van der Waals surface area (Å²) >= 11 is 0. The number of carbonyl (C=O) groups excluding carboxylic acids is 3. The van der Waals surface area contributed by atoms with E-state index in [1.807, 2.05) is 6.92 Å². The summed E-state index contributed by atoms with van der Waals surface area (Å²) in [5.41, 5.74) is 1.12. The molecule has 3 amide bonds. The first-order chi connectivity index (χ1) is 12.8. The van der Waals surface area contributed by atoms with Gasteiger partial charge in [0.05, 0.1) is 5.69 Å². The fourth-order valence-corrected chi connectivity index (χ4v) is 2.76. The highest BCUT2D eigenvalue weighted by molar-refractivity contribution is 6.06. The Balaban J connectivity index is 1.72. The molecule has 0 saturated heterocycles. The van der Waals surface area contributed by atoms with E-state index in [0.717, 1.165) is 12.5 Å². The molecule has 1 aliphatic carbocycles. The van der Waals surface area contributed by atoms with Gasteiger partial charge in [-0.1, -0.05) is 13.0 Å². The molecule has 1 fully saturated rings. The summed E-state index contributed by atoms with van der Waals surface area (Å²) in [4.78, 5) is 35.6. The Hall–Kier alpha value is -3.22. The van der Waals surface area contributed by atoms with Crippen LogP contribution in [0.2, 0.25) is 0 Å². The van der Waals surface area contributed by atoms with Gasteiger partial charge in [-0.25, -0.2) is 4.39 Å². The zero-order chi connectivity index (χ0) is 19.6. The second kappa shape index (κ2) is 7.57. The number of rotatable bonds is 5. The molecule has 0 aliphatic heterocycles. The molecule has 3 N–H and O–H groups in total. The molecular weight excluding hydrogens is 349 g/mol. The number of halogens is 1. The van der Waals surface area contributed by atoms with E-state index < -0.39 is 11.7 Å². The predicted octanol–water partition coefficient (Wildman–Crippen LogP) is 3.63. The smallest absolute Gasteiger partial charge is 0.255 e. The van der Waals surface area contributed by atoms with E-state index in [0.29, 0.717) is 17.3 Å². The molecule has 140 valence electrons. The van der Waals surface area contributed by atoms with E-state index in [1.54, 1.807) is 18.2 Å². The van der Waals surface area contributed by atoms with Crippen LogP contribution in [-0.2, 0) is 9.59 Å². The lowest BCUT2D eigenvalue weighted by Gasteiger charge is -2.10. The Morgan fingerprint density at radius 3 is 2.37 bits per heavy atom. The van der Waals surface area contributed by atoms with Gasteiger partial charge in [0.2, 0.25) is 11.8 Å². The topological polar surface area (TPSA) is 87.3 Å². The zero-order valence-corrected chi connectivity index (χ0v) is 15.0. The van der Waals surface area contributed by atoms with Gasteiger partial charge in [-0.3, -0.25) is 14.4 Å². The fourth-order valence-electron chi connectivity index (χ4n) is 2.76. The summed E-state index contributed by atoms with van der Waals surface area (Å²) in [5, 5.41) is 7.81. The quantitative estimate of drug-likeness (QED) is 0.752. The molecule has 2 atom stereocenters. The third-order valence-corrected chi connectivity index (χ3v) is 4.37. The van der Waals surface area contributed by atoms with Gasteiger partial charge < -0.3 is 16.0 Å². The monoisotopic (exact) mass is 369 g/mol. The third kappa shape index (κ3) is 4.69. The van der Waals surface area contributed by atoms with Gasteiger partial charge in [-0.15, -0.1) is 0 Å². The molecule has 1 saturated carbocycles. The average Bonchev–Trinajstić information content (AvgIpc) is 3.34. The molecule has 7 heteroatoms. The maximum absolute atomic E-state index is 14.0. The minimum absolute atomic E-state index is 0.0214. The van der Waals surface area contributed by atoms with Crippen LogP contribution >= 0.6 is 0 Å². The van der Waals surface area contributed by atoms with Crippen molar-refractivity contribution in [3.63, 3.8) is 0 Å². The van der Waals surface area contributed by atoms with Crippen molar-refractivity contribution in [1.82, 2.24) is 0 Å². The largest absolute Gasteiger partial charge is 0.326 e. The van der Waals surface area contributed by atoms with Crippen molar-refractivity contribution >= 4 is 34.8 Å². The van der Waals surface area contributed by atoms with Crippen LogP contribution in [0.5, 0.6) is 0 Å². The minimum Gasteiger partial charge on any atom is -0.326 e. The fraction of sp³-hybridized carbons (Fsp3) is 0.250. The van der Waals surface area contributed by atoms with Crippen LogP contribution in [0, 0.1) is 17.7 Å². The van der Waals surface area contributed by atoms with E-state index in [2.05, 4.69) is 16.0 Å². The third-order valence-electron chi connectivity index (χ3n) is 4.37. The lowest BCUT2D eigenvalue weighted by Crippen LogP contribution is -2.16. The lowest BCUT2D eigenvalue weighted by molar-refractivity contribution is -0.117. The molecule has 2 aromatic carbocycles. The molecule has 1 aliphatic rings. The van der Waals surface area contributed by atoms with Gasteiger partial charge in [0.1, 0.15) is 5.82 Å². The van der Waals surface area contributed by atoms with Crippen molar-refractivity contribution in [3.8, 4) is 0 Å². The van der Waals surface area contributed by atoms with Crippen LogP contribution in [0.4, 0.5) is 21.5 Å². The summed E-state index contributed by atoms with van der Waals surface area (Å²) in [6, 6.07) is 10.4. The van der Waals surface area contributed by atoms with Crippen molar-refractivity contribution in [3.05, 3.63) is 53.8 Å². The molecule has 0 heterocycles. The Kier molecular flexibility index (Phi) is 5.21. The van der Waals surface area contributed by atoms with Crippen LogP contribution in [0.25, 0.3) is 0 Å². The Morgan fingerprint density at radius 1 is 1.00 bits per heavy atom. The Bertz CT molecular complexity index is 913. The van der Waals surface area contributed by atoms with E-state index in [1.165, 1.54) is 25.1 Å². The molecule has 2 unspecified atom stereocenters. The number of nitrogens with one attached hydrogen (secondary N) is 3. The van der Waals surface area contributed by atoms with E-state index >= 15 is 0 Å². The molecular formula is C20H20FN3O3. The summed E-state index contributed by atoms with van der Waals surface area (Å²) in [7, 11) is 0. The highest BCUT2D eigenvalue weighted by Crippen LogP contribution is 2.38. The number of hydrogen-bond donors (Lipinski definition) is 3. The predicted molar refractivity (Wildman–Crippen MR) is 101 cm³/mol. The molecule has 0 aromatic heterocycles. The van der Waals surface area contributed by atoms with Crippen LogP contribution in [0.3, 0.4) is 0 Å². The highest BCUT2D eigenvalue weighted by atomic mass is 19.1. The van der Waals surface area contributed by atoms with Crippen molar-refractivity contribution in [2.45, 2.75) is 20.3 Å². The van der Waals surface area contributed by atoms with Crippen LogP contribution in [-0.4, -0.2) is 17.7 Å². The molecule has 27 heavy (non-hydrogen) atoms. The van der Waals surface area contributed by atoms with Crippen LogP contribution < -0.4 is 16.0 Å². The summed E-state index contributed by atoms with van der Waals surface area (Å²) < 4.78 is 14.0. The zero-order valence-electron chi connectivity index (χ0n) is 15.0. The van der Waals surface area contributed by atoms with Crippen LogP contribution in [0.15, 0.2) is 42.5 Å². The van der Waals surface area contributed by atoms with Crippen molar-refractivity contribution in [2.24, 2.45) is 11.8 Å². The average molecular weight is 369 g/mol. The molecule has 0 spiro atoms. The number of anilines is 3. The second-order valence-electron chi connectivity index (χ2n) is 6.72. The van der Waals surface area contributed by atoms with E-state index in [-0.39, 0.29) is 29.0 Å². The summed E-state index contributed by atoms with van der Waals surface area (Å²) in [6.07, 6.45) is 0.871. The first kappa shape index (κ1) is 18.6. The maximum Gasteiger partial charge on any atom is 0.255 e. The maximum atomic E-state index is 14.0. The van der Waals surface area contributed by atoms with E-state index in [4.69, 9.17) is 0 Å². The number of hydrogen-bond acceptors (Lipinski definition) is 3. The summed E-state index contributed by atoms with van der Waals surface area (Å²) in [5.74, 6) is -1.10. The lowest BCUT2D eigenvalue weighted by atomic mass is 10.1. The number of carbonyl (C=O) groups is 3. The molecule has 3 rings (SSSR count). The van der Waals surface area contributed by atoms with Crippen LogP contribution in [0.1, 0.15) is 30.6 Å². The second-order valence-corrected chi connectivity index (χ2v) is 6.72.